The lowest BCUT2D eigenvalue weighted by atomic mass is 10.0. The molecule has 11 heteroatoms. The average molecular weight is 645 g/mol. The van der Waals surface area contributed by atoms with E-state index >= 15 is 0 Å². The van der Waals surface area contributed by atoms with Crippen molar-refractivity contribution in [2.45, 2.75) is 38.1 Å². The van der Waals surface area contributed by atoms with Crippen LogP contribution in [0.2, 0.25) is 0 Å². The van der Waals surface area contributed by atoms with Gasteiger partial charge >= 0.3 is 0 Å². The fourth-order valence-electron chi connectivity index (χ4n) is 7.62. The van der Waals surface area contributed by atoms with Gasteiger partial charge in [-0.05, 0) is 74.7 Å². The first-order valence-electron chi connectivity index (χ1n) is 17.0. The molecule has 3 N–H and O–H groups in total. The number of pyridine rings is 2. The van der Waals surface area contributed by atoms with Crippen LogP contribution < -0.4 is 21.0 Å². The molecular weight excluding hydrogens is 604 g/mol. The Labute approximate surface area is 277 Å². The number of H-pyrrole nitrogens is 1. The smallest absolute Gasteiger partial charge is 0.259 e. The Hall–Kier alpha value is -5.16. The van der Waals surface area contributed by atoms with Gasteiger partial charge in [0.25, 0.3) is 5.91 Å². The molecule has 4 aromatic heterocycles. The zero-order chi connectivity index (χ0) is 32.8. The van der Waals surface area contributed by atoms with Crippen LogP contribution in [0.15, 0.2) is 71.7 Å². The highest BCUT2D eigenvalue weighted by Gasteiger charge is 2.26. The summed E-state index contributed by atoms with van der Waals surface area (Å²) >= 11 is 0. The summed E-state index contributed by atoms with van der Waals surface area (Å²) in [6, 6.07) is 19.7. The summed E-state index contributed by atoms with van der Waals surface area (Å²) in [5.74, 6) is 0.438. The highest BCUT2D eigenvalue weighted by Crippen LogP contribution is 2.28. The third kappa shape index (κ3) is 5.37. The van der Waals surface area contributed by atoms with Gasteiger partial charge in [-0.3, -0.25) is 18.8 Å². The minimum Gasteiger partial charge on any atom is -0.361 e. The van der Waals surface area contributed by atoms with E-state index in [-0.39, 0.29) is 28.8 Å². The maximum absolute atomic E-state index is 14.1. The summed E-state index contributed by atoms with van der Waals surface area (Å²) in [6.45, 7) is 4.81. The zero-order valence-corrected chi connectivity index (χ0v) is 27.2. The minimum atomic E-state index is -0.359. The number of aryl methyl sites for hydroxylation is 1. The fourth-order valence-corrected chi connectivity index (χ4v) is 7.62. The lowest BCUT2D eigenvalue weighted by Gasteiger charge is -2.33. The number of fused-ring (bicyclic) bond motifs is 6. The van der Waals surface area contributed by atoms with Crippen molar-refractivity contribution in [3.05, 3.63) is 88.2 Å². The summed E-state index contributed by atoms with van der Waals surface area (Å²) in [7, 11) is 1.89. The third-order valence-electron chi connectivity index (χ3n) is 10.1. The number of likely N-dealkylation sites (tertiary alicyclic amines) is 1. The van der Waals surface area contributed by atoms with E-state index in [1.54, 1.807) is 0 Å². The zero-order valence-electron chi connectivity index (χ0n) is 27.2. The standard InChI is InChI=1S/C37H40N8O3/c1-42-29-10-4-5-11-30(29)45-35-27(34(47)33(37(42)45)36(48)38-16-21-43-17-6-7-18-43)12-13-31(41-35)44-19-14-25(15-20-44)40-32(46)22-24-23-39-28-9-3-2-8-26(24)28/h2-5,8-13,23,25,39H,6-7,14-22H2,1H3,(H,38,48)(H,40,46). The molecular formula is C37H40N8O3. The molecule has 2 fully saturated rings. The van der Waals surface area contributed by atoms with Crippen LogP contribution in [0.3, 0.4) is 0 Å². The van der Waals surface area contributed by atoms with Crippen LogP contribution in [0, 0.1) is 0 Å². The number of piperidine rings is 1. The van der Waals surface area contributed by atoms with Crippen molar-refractivity contribution in [3.63, 3.8) is 0 Å². The van der Waals surface area contributed by atoms with Gasteiger partial charge in [0, 0.05) is 56.4 Å². The Morgan fingerprint density at radius 2 is 1.67 bits per heavy atom. The Bertz CT molecular complexity index is 2230. The van der Waals surface area contributed by atoms with Crippen LogP contribution in [-0.2, 0) is 18.3 Å². The molecule has 0 radical (unpaired) electrons. The first-order chi connectivity index (χ1) is 23.5. The number of aromatic amines is 1. The van der Waals surface area contributed by atoms with Gasteiger partial charge in [-0.2, -0.15) is 0 Å². The molecule has 0 atom stereocenters. The summed E-state index contributed by atoms with van der Waals surface area (Å²) in [4.78, 5) is 53.6. The van der Waals surface area contributed by atoms with E-state index in [4.69, 9.17) is 4.98 Å². The second-order valence-corrected chi connectivity index (χ2v) is 13.1. The summed E-state index contributed by atoms with van der Waals surface area (Å²) < 4.78 is 3.88. The van der Waals surface area contributed by atoms with E-state index in [1.165, 1.54) is 12.8 Å². The maximum atomic E-state index is 14.1. The van der Waals surface area contributed by atoms with Gasteiger partial charge in [0.1, 0.15) is 17.0 Å². The van der Waals surface area contributed by atoms with Crippen LogP contribution in [0.1, 0.15) is 41.6 Å². The Morgan fingerprint density at radius 3 is 2.48 bits per heavy atom. The Balaban J connectivity index is 1.04. The predicted octanol–water partition coefficient (Wildman–Crippen LogP) is 3.97. The second-order valence-electron chi connectivity index (χ2n) is 13.1. The topological polar surface area (TPSA) is 120 Å². The van der Waals surface area contributed by atoms with Crippen molar-refractivity contribution in [3.8, 4) is 0 Å². The molecule has 2 saturated heterocycles. The SMILES string of the molecule is Cn1c2ccccc2n2c3nc(N4CCC(NC(=O)Cc5c[nH]c6ccccc56)CC4)ccc3c(=O)c(C(=O)NCCN3CCCC3)c12. The largest absolute Gasteiger partial charge is 0.361 e. The normalized spacial score (nSPS) is 16.1. The van der Waals surface area contributed by atoms with E-state index in [0.29, 0.717) is 29.6 Å². The van der Waals surface area contributed by atoms with Gasteiger partial charge in [-0.25, -0.2) is 4.98 Å². The lowest BCUT2D eigenvalue weighted by Crippen LogP contribution is -2.45. The molecule has 6 aromatic rings. The first-order valence-corrected chi connectivity index (χ1v) is 17.0. The highest BCUT2D eigenvalue weighted by atomic mass is 16.2. The van der Waals surface area contributed by atoms with Crippen LogP contribution in [0.25, 0.3) is 38.6 Å². The number of imidazole rings is 1. The molecule has 11 nitrogen and oxygen atoms in total. The molecule has 2 aliphatic heterocycles. The van der Waals surface area contributed by atoms with Gasteiger partial charge in [0.2, 0.25) is 11.3 Å². The monoisotopic (exact) mass is 644 g/mol. The molecule has 246 valence electrons. The van der Waals surface area contributed by atoms with E-state index in [1.807, 2.05) is 82.9 Å². The second kappa shape index (κ2) is 12.5. The first kappa shape index (κ1) is 30.2. The summed E-state index contributed by atoms with van der Waals surface area (Å²) in [6.07, 6.45) is 6.21. The molecule has 0 saturated carbocycles. The van der Waals surface area contributed by atoms with Gasteiger partial charge in [0.15, 0.2) is 5.65 Å². The molecule has 2 aromatic carbocycles. The van der Waals surface area contributed by atoms with Crippen molar-refractivity contribution >= 4 is 56.2 Å². The number of carbonyl (C=O) groups is 2. The molecule has 2 amide bonds. The number of carbonyl (C=O) groups excluding carboxylic acids is 2. The lowest BCUT2D eigenvalue weighted by molar-refractivity contribution is -0.121. The highest BCUT2D eigenvalue weighted by molar-refractivity contribution is 6.06. The van der Waals surface area contributed by atoms with Gasteiger partial charge < -0.3 is 30.0 Å². The summed E-state index contributed by atoms with van der Waals surface area (Å²) in [5, 5.41) is 7.76. The van der Waals surface area contributed by atoms with Crippen molar-refractivity contribution in [2.75, 3.05) is 44.2 Å². The molecule has 0 bridgehead atoms. The number of hydrogen-bond acceptors (Lipinski definition) is 6. The van der Waals surface area contributed by atoms with Gasteiger partial charge in [-0.1, -0.05) is 30.3 Å². The molecule has 0 unspecified atom stereocenters. The number of aromatic nitrogens is 4. The van der Waals surface area contributed by atoms with Gasteiger partial charge in [-0.15, -0.1) is 0 Å². The molecule has 2 aliphatic rings. The average Bonchev–Trinajstić information content (AvgIpc) is 3.84. The number of nitrogens with zero attached hydrogens (tertiary/aromatic N) is 5. The summed E-state index contributed by atoms with van der Waals surface area (Å²) in [5.41, 5.74) is 4.72. The number of nitrogens with one attached hydrogen (secondary N) is 3. The van der Waals surface area contributed by atoms with E-state index < -0.39 is 0 Å². The van der Waals surface area contributed by atoms with E-state index in [2.05, 4.69) is 25.4 Å². The minimum absolute atomic E-state index is 0.0237. The molecule has 48 heavy (non-hydrogen) atoms. The molecule has 0 spiro atoms. The molecule has 6 heterocycles. The Morgan fingerprint density at radius 1 is 0.917 bits per heavy atom. The fraction of sp³-hybridized carbons (Fsp3) is 0.351. The maximum Gasteiger partial charge on any atom is 0.259 e. The number of amides is 2. The van der Waals surface area contributed by atoms with Crippen molar-refractivity contribution < 1.29 is 9.59 Å². The van der Waals surface area contributed by atoms with Crippen molar-refractivity contribution in [2.24, 2.45) is 7.05 Å². The number of benzene rings is 2. The quantitative estimate of drug-likeness (QED) is 0.231. The van der Waals surface area contributed by atoms with E-state index in [0.717, 1.165) is 78.9 Å². The van der Waals surface area contributed by atoms with Gasteiger partial charge in [0.05, 0.1) is 22.8 Å². The number of hydrogen-bond donors (Lipinski definition) is 3. The number of para-hydroxylation sites is 3. The van der Waals surface area contributed by atoms with Crippen LogP contribution in [-0.4, -0.2) is 81.0 Å². The van der Waals surface area contributed by atoms with Crippen molar-refractivity contribution in [1.29, 1.82) is 0 Å². The number of rotatable bonds is 8. The number of anilines is 1. The third-order valence-corrected chi connectivity index (χ3v) is 10.1. The Kier molecular flexibility index (Phi) is 7.84. The van der Waals surface area contributed by atoms with Crippen LogP contribution in [0.4, 0.5) is 5.82 Å². The van der Waals surface area contributed by atoms with Crippen LogP contribution in [0.5, 0.6) is 0 Å². The molecule has 0 aliphatic carbocycles. The predicted molar refractivity (Wildman–Crippen MR) is 189 cm³/mol. The molecule has 8 rings (SSSR count). The van der Waals surface area contributed by atoms with Crippen molar-refractivity contribution in [1.82, 2.24) is 34.5 Å². The van der Waals surface area contributed by atoms with Crippen LogP contribution >= 0.6 is 0 Å². The van der Waals surface area contributed by atoms with E-state index in [9.17, 15) is 14.4 Å².